The maximum atomic E-state index is 13.7. The summed E-state index contributed by atoms with van der Waals surface area (Å²) in [5.74, 6) is 0.668. The first-order chi connectivity index (χ1) is 17.1. The molecule has 4 heterocycles. The van der Waals surface area contributed by atoms with Crippen LogP contribution in [-0.4, -0.2) is 72.8 Å². The molecular formula is C24H30ClN7O3S. The van der Waals surface area contributed by atoms with Gasteiger partial charge in [-0.25, -0.2) is 17.9 Å². The van der Waals surface area contributed by atoms with Crippen LogP contribution in [0.4, 0.5) is 11.5 Å². The maximum absolute atomic E-state index is 13.7. The van der Waals surface area contributed by atoms with Gasteiger partial charge in [-0.15, -0.1) is 0 Å². The van der Waals surface area contributed by atoms with E-state index in [9.17, 15) is 13.2 Å². The number of likely N-dealkylation sites (tertiary alicyclic amines) is 1. The molecule has 2 fully saturated rings. The van der Waals surface area contributed by atoms with Crippen LogP contribution >= 0.6 is 11.6 Å². The van der Waals surface area contributed by atoms with Crippen LogP contribution in [0.1, 0.15) is 46.9 Å². The zero-order chi connectivity index (χ0) is 25.6. The summed E-state index contributed by atoms with van der Waals surface area (Å²) in [7, 11) is -1.61. The van der Waals surface area contributed by atoms with Gasteiger partial charge in [-0.1, -0.05) is 11.6 Å². The summed E-state index contributed by atoms with van der Waals surface area (Å²) in [6, 6.07) is 6.75. The molecule has 2 N–H and O–H groups in total. The number of nitrogens with zero attached hydrogens (tertiary/aromatic N) is 5. The van der Waals surface area contributed by atoms with E-state index in [1.165, 1.54) is 12.1 Å². The van der Waals surface area contributed by atoms with E-state index in [4.69, 9.17) is 21.7 Å². The lowest BCUT2D eigenvalue weighted by molar-refractivity contribution is 0.0607. The fraction of sp³-hybridized carbons (Fsp3) is 0.458. The van der Waals surface area contributed by atoms with Gasteiger partial charge in [0.05, 0.1) is 29.2 Å². The third-order valence-electron chi connectivity index (χ3n) is 6.83. The van der Waals surface area contributed by atoms with Crippen molar-refractivity contribution in [3.05, 3.63) is 52.3 Å². The predicted octanol–water partition coefficient (Wildman–Crippen LogP) is 2.84. The van der Waals surface area contributed by atoms with Crippen molar-refractivity contribution in [1.82, 2.24) is 24.8 Å². The summed E-state index contributed by atoms with van der Waals surface area (Å²) in [6.07, 6.45) is 5.61. The SMILES string of the molecule is CNC1CN(c2nc3cc(C4CCCCN4C(=O)c4cc(Cl)ccc4NS(C)(=O)=O)nn3cc2C)C1. The summed E-state index contributed by atoms with van der Waals surface area (Å²) in [5.41, 5.74) is 2.97. The minimum Gasteiger partial charge on any atom is -0.353 e. The average Bonchev–Trinajstić information content (AvgIpc) is 3.21. The summed E-state index contributed by atoms with van der Waals surface area (Å²) in [6.45, 7) is 4.40. The van der Waals surface area contributed by atoms with Gasteiger partial charge >= 0.3 is 0 Å². The first-order valence-electron chi connectivity index (χ1n) is 12.0. The Balaban J connectivity index is 1.47. The van der Waals surface area contributed by atoms with Crippen LogP contribution in [0, 0.1) is 6.92 Å². The smallest absolute Gasteiger partial charge is 0.256 e. The molecule has 36 heavy (non-hydrogen) atoms. The molecule has 5 rings (SSSR count). The number of carbonyl (C=O) groups is 1. The van der Waals surface area contributed by atoms with Crippen LogP contribution in [0.15, 0.2) is 30.5 Å². The van der Waals surface area contributed by atoms with E-state index in [2.05, 4.69) is 14.9 Å². The molecule has 2 aliphatic heterocycles. The number of amides is 1. The number of halogens is 1. The van der Waals surface area contributed by atoms with E-state index < -0.39 is 10.0 Å². The molecule has 192 valence electrons. The second-order valence-corrected chi connectivity index (χ2v) is 11.8. The van der Waals surface area contributed by atoms with Gasteiger partial charge in [0, 0.05) is 48.5 Å². The molecule has 1 amide bonds. The number of hydrogen-bond acceptors (Lipinski definition) is 7. The number of benzene rings is 1. The predicted molar refractivity (Wildman–Crippen MR) is 140 cm³/mol. The van der Waals surface area contributed by atoms with Gasteiger partial charge in [0.25, 0.3) is 5.91 Å². The van der Waals surface area contributed by atoms with E-state index in [1.807, 2.05) is 26.2 Å². The third kappa shape index (κ3) is 4.87. The first kappa shape index (κ1) is 24.8. The second-order valence-electron chi connectivity index (χ2n) is 9.58. The van der Waals surface area contributed by atoms with Gasteiger partial charge in [0.1, 0.15) is 5.82 Å². The number of rotatable bonds is 6. The molecule has 2 aromatic heterocycles. The number of aryl methyl sites for hydroxylation is 1. The van der Waals surface area contributed by atoms with Crippen molar-refractivity contribution in [2.24, 2.45) is 0 Å². The Labute approximate surface area is 215 Å². The number of hydrogen-bond donors (Lipinski definition) is 2. The minimum absolute atomic E-state index is 0.211. The number of sulfonamides is 1. The molecule has 3 aromatic rings. The standard InChI is InChI=1S/C24H30ClN7O3S/c1-15-12-32-22(27-23(15)30-13-17(14-30)26-2)11-20(28-32)21-6-4-5-9-31(21)24(33)18-10-16(25)7-8-19(18)29-36(3,34)35/h7-8,10-12,17,21,26,29H,4-6,9,13-14H2,1-3H3. The highest BCUT2D eigenvalue weighted by atomic mass is 35.5. The van der Waals surface area contributed by atoms with Crippen LogP contribution in [0.25, 0.3) is 5.65 Å². The van der Waals surface area contributed by atoms with Crippen LogP contribution in [0.5, 0.6) is 0 Å². The lowest BCUT2D eigenvalue weighted by atomic mass is 9.98. The summed E-state index contributed by atoms with van der Waals surface area (Å²) < 4.78 is 28.0. The zero-order valence-corrected chi connectivity index (χ0v) is 22.1. The number of piperidine rings is 1. The Kier molecular flexibility index (Phi) is 6.56. The van der Waals surface area contributed by atoms with Gasteiger partial charge in [0.2, 0.25) is 10.0 Å². The zero-order valence-electron chi connectivity index (χ0n) is 20.5. The third-order valence-corrected chi connectivity index (χ3v) is 7.65. The Hall–Kier alpha value is -2.89. The fourth-order valence-electron chi connectivity index (χ4n) is 4.96. The van der Waals surface area contributed by atoms with Crippen molar-refractivity contribution in [1.29, 1.82) is 0 Å². The lowest BCUT2D eigenvalue weighted by Gasteiger charge is -2.40. The van der Waals surface area contributed by atoms with Crippen LogP contribution in [0.3, 0.4) is 0 Å². The van der Waals surface area contributed by atoms with Crippen molar-refractivity contribution < 1.29 is 13.2 Å². The van der Waals surface area contributed by atoms with E-state index in [0.29, 0.717) is 17.6 Å². The molecule has 1 atom stereocenters. The number of fused-ring (bicyclic) bond motifs is 1. The first-order valence-corrected chi connectivity index (χ1v) is 14.3. The van der Waals surface area contributed by atoms with Crippen molar-refractivity contribution in [3.63, 3.8) is 0 Å². The maximum Gasteiger partial charge on any atom is 0.256 e. The Morgan fingerprint density at radius 1 is 1.19 bits per heavy atom. The molecule has 1 aromatic carbocycles. The van der Waals surface area contributed by atoms with Crippen molar-refractivity contribution in [2.45, 2.75) is 38.3 Å². The summed E-state index contributed by atoms with van der Waals surface area (Å²) in [5, 5.41) is 8.43. The van der Waals surface area contributed by atoms with Crippen LogP contribution < -0.4 is 14.9 Å². The van der Waals surface area contributed by atoms with E-state index in [-0.39, 0.29) is 23.2 Å². The van der Waals surface area contributed by atoms with Crippen molar-refractivity contribution in [3.8, 4) is 0 Å². The van der Waals surface area contributed by atoms with Gasteiger partial charge in [-0.2, -0.15) is 5.10 Å². The lowest BCUT2D eigenvalue weighted by Crippen LogP contribution is -2.57. The molecule has 0 spiro atoms. The topological polar surface area (TPSA) is 112 Å². The van der Waals surface area contributed by atoms with Crippen molar-refractivity contribution in [2.75, 3.05) is 42.6 Å². The van der Waals surface area contributed by atoms with E-state index >= 15 is 0 Å². The van der Waals surface area contributed by atoms with E-state index in [0.717, 1.165) is 61.3 Å². The molecular weight excluding hydrogens is 502 g/mol. The van der Waals surface area contributed by atoms with Gasteiger partial charge in [0.15, 0.2) is 5.65 Å². The second kappa shape index (κ2) is 9.53. The number of nitrogens with one attached hydrogen (secondary N) is 2. The van der Waals surface area contributed by atoms with E-state index in [1.54, 1.807) is 15.5 Å². The van der Waals surface area contributed by atoms with Gasteiger partial charge in [-0.05, 0) is 51.4 Å². The molecule has 0 saturated carbocycles. The Morgan fingerprint density at radius 3 is 2.69 bits per heavy atom. The highest BCUT2D eigenvalue weighted by Crippen LogP contribution is 2.34. The monoisotopic (exact) mass is 531 g/mol. The molecule has 12 heteroatoms. The molecule has 2 saturated heterocycles. The number of anilines is 2. The highest BCUT2D eigenvalue weighted by Gasteiger charge is 2.33. The molecule has 0 bridgehead atoms. The largest absolute Gasteiger partial charge is 0.353 e. The van der Waals surface area contributed by atoms with Gasteiger partial charge in [-0.3, -0.25) is 9.52 Å². The Morgan fingerprint density at radius 2 is 1.97 bits per heavy atom. The fourth-order valence-corrected chi connectivity index (χ4v) is 5.70. The number of carbonyl (C=O) groups excluding carboxylic acids is 1. The molecule has 1 unspecified atom stereocenters. The molecule has 2 aliphatic rings. The normalized spacial score (nSPS) is 18.9. The Bertz CT molecular complexity index is 1420. The number of likely N-dealkylation sites (N-methyl/N-ethyl adjacent to an activating group) is 1. The average molecular weight is 532 g/mol. The molecule has 0 aliphatic carbocycles. The minimum atomic E-state index is -3.57. The summed E-state index contributed by atoms with van der Waals surface area (Å²) in [4.78, 5) is 22.6. The van der Waals surface area contributed by atoms with Crippen molar-refractivity contribution >= 4 is 44.7 Å². The summed E-state index contributed by atoms with van der Waals surface area (Å²) >= 11 is 6.19. The van der Waals surface area contributed by atoms with Crippen LogP contribution in [-0.2, 0) is 10.0 Å². The molecule has 0 radical (unpaired) electrons. The molecule has 10 nitrogen and oxygen atoms in total. The quantitative estimate of drug-likeness (QED) is 0.503. The van der Waals surface area contributed by atoms with Crippen LogP contribution in [0.2, 0.25) is 5.02 Å². The number of aromatic nitrogens is 3. The van der Waals surface area contributed by atoms with Gasteiger partial charge < -0.3 is 15.1 Å². The highest BCUT2D eigenvalue weighted by molar-refractivity contribution is 7.92.